The van der Waals surface area contributed by atoms with Gasteiger partial charge >= 0.3 is 0 Å². The van der Waals surface area contributed by atoms with Gasteiger partial charge in [0.15, 0.2) is 0 Å². The molecule has 0 aromatic carbocycles. The molecule has 0 aliphatic rings. The largest absolute Gasteiger partial charge is 0.395 e. The van der Waals surface area contributed by atoms with Crippen LogP contribution >= 0.6 is 0 Å². The average Bonchev–Trinajstić information content (AvgIpc) is 1.96. The number of hydrogen-bond acceptors (Lipinski definition) is 3. The van der Waals surface area contributed by atoms with Crippen molar-refractivity contribution in [1.82, 2.24) is 10.6 Å². The standard InChI is InChI=1S/C8H20N2O/c1-8(2)7-10-4-3-9-5-6-11/h8-11H,3-7H2,1-2H3. The Balaban J connectivity index is 2.80. The van der Waals surface area contributed by atoms with Crippen molar-refractivity contribution in [2.24, 2.45) is 5.92 Å². The lowest BCUT2D eigenvalue weighted by atomic mass is 10.2. The van der Waals surface area contributed by atoms with Crippen molar-refractivity contribution in [1.29, 1.82) is 0 Å². The summed E-state index contributed by atoms with van der Waals surface area (Å²) in [5.41, 5.74) is 0. The summed E-state index contributed by atoms with van der Waals surface area (Å²) in [6.07, 6.45) is 0. The van der Waals surface area contributed by atoms with Gasteiger partial charge in [-0.05, 0) is 12.5 Å². The van der Waals surface area contributed by atoms with E-state index in [1.807, 2.05) is 0 Å². The molecule has 3 heteroatoms. The Morgan fingerprint density at radius 2 is 1.73 bits per heavy atom. The number of aliphatic hydroxyl groups is 1. The van der Waals surface area contributed by atoms with Crippen molar-refractivity contribution in [3.63, 3.8) is 0 Å². The van der Waals surface area contributed by atoms with E-state index >= 15 is 0 Å². The van der Waals surface area contributed by atoms with Crippen molar-refractivity contribution < 1.29 is 5.11 Å². The first-order valence-corrected chi connectivity index (χ1v) is 4.29. The highest BCUT2D eigenvalue weighted by molar-refractivity contribution is 4.53. The molecule has 0 aromatic heterocycles. The molecule has 68 valence electrons. The maximum Gasteiger partial charge on any atom is 0.0555 e. The first-order valence-electron chi connectivity index (χ1n) is 4.29. The van der Waals surface area contributed by atoms with E-state index in [0.717, 1.165) is 19.6 Å². The Morgan fingerprint density at radius 1 is 1.09 bits per heavy atom. The Bertz CT molecular complexity index is 76.5. The van der Waals surface area contributed by atoms with Crippen LogP contribution in [0.1, 0.15) is 13.8 Å². The van der Waals surface area contributed by atoms with E-state index in [-0.39, 0.29) is 6.61 Å². The van der Waals surface area contributed by atoms with Crippen LogP contribution in [-0.2, 0) is 0 Å². The molecular formula is C8H20N2O. The summed E-state index contributed by atoms with van der Waals surface area (Å²) in [5.74, 6) is 0.716. The molecule has 0 aromatic rings. The molecule has 11 heavy (non-hydrogen) atoms. The minimum atomic E-state index is 0.226. The lowest BCUT2D eigenvalue weighted by molar-refractivity contribution is 0.292. The highest BCUT2D eigenvalue weighted by Crippen LogP contribution is 1.85. The van der Waals surface area contributed by atoms with E-state index in [9.17, 15) is 0 Å². The molecule has 0 bridgehead atoms. The summed E-state index contributed by atoms with van der Waals surface area (Å²) >= 11 is 0. The SMILES string of the molecule is CC(C)CNCCNCCO. The van der Waals surface area contributed by atoms with E-state index < -0.39 is 0 Å². The predicted molar refractivity (Wildman–Crippen MR) is 47.7 cm³/mol. The first kappa shape index (κ1) is 10.9. The Labute approximate surface area is 69.2 Å². The Hall–Kier alpha value is -0.120. The highest BCUT2D eigenvalue weighted by atomic mass is 16.3. The highest BCUT2D eigenvalue weighted by Gasteiger charge is 1.91. The minimum absolute atomic E-state index is 0.226. The monoisotopic (exact) mass is 160 g/mol. The predicted octanol–water partition coefficient (Wildman–Crippen LogP) is -0.186. The van der Waals surface area contributed by atoms with Crippen LogP contribution in [0.25, 0.3) is 0 Å². The van der Waals surface area contributed by atoms with Gasteiger partial charge in [-0.15, -0.1) is 0 Å². The molecule has 0 unspecified atom stereocenters. The molecule has 0 radical (unpaired) electrons. The van der Waals surface area contributed by atoms with Gasteiger partial charge < -0.3 is 15.7 Å². The molecule has 0 fully saturated rings. The van der Waals surface area contributed by atoms with Crippen LogP contribution < -0.4 is 10.6 Å². The Morgan fingerprint density at radius 3 is 2.27 bits per heavy atom. The fraction of sp³-hybridized carbons (Fsp3) is 1.00. The van der Waals surface area contributed by atoms with Gasteiger partial charge in [-0.25, -0.2) is 0 Å². The van der Waals surface area contributed by atoms with Crippen molar-refractivity contribution in [2.75, 3.05) is 32.8 Å². The number of aliphatic hydroxyl groups excluding tert-OH is 1. The average molecular weight is 160 g/mol. The first-order chi connectivity index (χ1) is 5.27. The van der Waals surface area contributed by atoms with Crippen molar-refractivity contribution in [3.8, 4) is 0 Å². The molecular weight excluding hydrogens is 140 g/mol. The van der Waals surface area contributed by atoms with Crippen LogP contribution in [-0.4, -0.2) is 37.9 Å². The third-order valence-electron chi connectivity index (χ3n) is 1.32. The molecule has 3 nitrogen and oxygen atoms in total. The fourth-order valence-corrected chi connectivity index (χ4v) is 0.772. The van der Waals surface area contributed by atoms with Gasteiger partial charge in [0.1, 0.15) is 0 Å². The molecule has 0 saturated carbocycles. The minimum Gasteiger partial charge on any atom is -0.395 e. The van der Waals surface area contributed by atoms with Gasteiger partial charge in [-0.1, -0.05) is 13.8 Å². The maximum absolute atomic E-state index is 8.43. The second-order valence-corrected chi connectivity index (χ2v) is 3.07. The van der Waals surface area contributed by atoms with Gasteiger partial charge in [0.05, 0.1) is 6.61 Å². The molecule has 0 rings (SSSR count). The molecule has 0 saturated heterocycles. The second-order valence-electron chi connectivity index (χ2n) is 3.07. The fourth-order valence-electron chi connectivity index (χ4n) is 0.772. The third kappa shape index (κ3) is 9.88. The van der Waals surface area contributed by atoms with Crippen LogP contribution in [0.5, 0.6) is 0 Å². The molecule has 0 aliphatic heterocycles. The molecule has 0 heterocycles. The van der Waals surface area contributed by atoms with E-state index in [1.54, 1.807) is 0 Å². The summed E-state index contributed by atoms with van der Waals surface area (Å²) in [6, 6.07) is 0. The van der Waals surface area contributed by atoms with E-state index in [2.05, 4.69) is 24.5 Å². The van der Waals surface area contributed by atoms with Gasteiger partial charge in [0.2, 0.25) is 0 Å². The summed E-state index contributed by atoms with van der Waals surface area (Å²) in [7, 11) is 0. The van der Waals surface area contributed by atoms with Crippen LogP contribution in [0.3, 0.4) is 0 Å². The zero-order valence-electron chi connectivity index (χ0n) is 7.56. The zero-order valence-corrected chi connectivity index (χ0v) is 7.56. The van der Waals surface area contributed by atoms with Crippen molar-refractivity contribution >= 4 is 0 Å². The smallest absolute Gasteiger partial charge is 0.0555 e. The van der Waals surface area contributed by atoms with Gasteiger partial charge in [-0.2, -0.15) is 0 Å². The van der Waals surface area contributed by atoms with Gasteiger partial charge in [0, 0.05) is 19.6 Å². The maximum atomic E-state index is 8.43. The lowest BCUT2D eigenvalue weighted by Gasteiger charge is -2.07. The quantitative estimate of drug-likeness (QED) is 0.452. The molecule has 0 amide bonds. The van der Waals surface area contributed by atoms with Gasteiger partial charge in [0.25, 0.3) is 0 Å². The number of nitrogens with one attached hydrogen (secondary N) is 2. The van der Waals surface area contributed by atoms with E-state index in [4.69, 9.17) is 5.11 Å². The number of hydrogen-bond donors (Lipinski definition) is 3. The van der Waals surface area contributed by atoms with Crippen molar-refractivity contribution in [2.45, 2.75) is 13.8 Å². The second kappa shape index (κ2) is 7.98. The van der Waals surface area contributed by atoms with E-state index in [0.29, 0.717) is 12.5 Å². The number of rotatable bonds is 7. The molecule has 0 spiro atoms. The summed E-state index contributed by atoms with van der Waals surface area (Å²) < 4.78 is 0. The normalized spacial score (nSPS) is 10.9. The summed E-state index contributed by atoms with van der Waals surface area (Å²) in [6.45, 7) is 8.29. The molecule has 0 aliphatic carbocycles. The topological polar surface area (TPSA) is 44.3 Å². The van der Waals surface area contributed by atoms with Crippen LogP contribution in [0.4, 0.5) is 0 Å². The molecule has 3 N–H and O–H groups in total. The molecule has 0 atom stereocenters. The van der Waals surface area contributed by atoms with E-state index in [1.165, 1.54) is 0 Å². The summed E-state index contributed by atoms with van der Waals surface area (Å²) in [5, 5.41) is 14.8. The van der Waals surface area contributed by atoms with Crippen LogP contribution in [0, 0.1) is 5.92 Å². The zero-order chi connectivity index (χ0) is 8.53. The van der Waals surface area contributed by atoms with Crippen LogP contribution in [0.2, 0.25) is 0 Å². The van der Waals surface area contributed by atoms with Gasteiger partial charge in [-0.3, -0.25) is 0 Å². The Kier molecular flexibility index (Phi) is 7.89. The third-order valence-corrected chi connectivity index (χ3v) is 1.32. The van der Waals surface area contributed by atoms with Crippen molar-refractivity contribution in [3.05, 3.63) is 0 Å². The lowest BCUT2D eigenvalue weighted by Crippen LogP contribution is -2.30. The van der Waals surface area contributed by atoms with Crippen LogP contribution in [0.15, 0.2) is 0 Å². The summed E-state index contributed by atoms with van der Waals surface area (Å²) in [4.78, 5) is 0.